The fraction of sp³-hybridized carbons (Fsp3) is 0.650. The highest BCUT2D eigenvalue weighted by molar-refractivity contribution is 5.70. The molecule has 0 N–H and O–H groups in total. The fourth-order valence-corrected chi connectivity index (χ4v) is 0.548. The Morgan fingerprint density at radius 3 is 1.16 bits per heavy atom. The Labute approximate surface area is 158 Å². The maximum absolute atomic E-state index is 11.2. The van der Waals surface area contributed by atoms with E-state index >= 15 is 0 Å². The Morgan fingerprint density at radius 1 is 0.760 bits per heavy atom. The number of benzene rings is 1. The first-order valence-electron chi connectivity index (χ1n) is 6.39. The predicted octanol–water partition coefficient (Wildman–Crippen LogP) is 7.61. The number of carbonyl (C=O) groups is 1. The van der Waals surface area contributed by atoms with Crippen LogP contribution in [0.15, 0.2) is 36.4 Å². The first kappa shape index (κ1) is 56.6. The van der Waals surface area contributed by atoms with Gasteiger partial charge in [0, 0.05) is 7.11 Å². The van der Waals surface area contributed by atoms with Crippen LogP contribution in [-0.4, -0.2) is 33.7 Å². The zero-order valence-electron chi connectivity index (χ0n) is 13.4. The van der Waals surface area contributed by atoms with Gasteiger partial charge in [0.15, 0.2) is 13.5 Å². The van der Waals surface area contributed by atoms with Crippen LogP contribution in [0.2, 0.25) is 0 Å². The minimum atomic E-state index is -1.09. The summed E-state index contributed by atoms with van der Waals surface area (Å²) in [7, 11) is 1.85. The molecule has 0 amide bonds. The highest BCUT2D eigenvalue weighted by Gasteiger charge is 1.96. The molecule has 0 aromatic heterocycles. The Morgan fingerprint density at radius 2 is 1.00 bits per heavy atom. The van der Waals surface area contributed by atoms with Crippen molar-refractivity contribution in [2.45, 2.75) is 64.8 Å². The average Bonchev–Trinajstić information content (AvgIpc) is 2.60. The Balaban J connectivity index is -0.0000000196. The molecule has 0 aliphatic heterocycles. The monoisotopic (exact) mass is 374 g/mol. The fourth-order valence-electron chi connectivity index (χ4n) is 0.548. The van der Waals surface area contributed by atoms with E-state index in [1.807, 2.05) is 64.1 Å². The zero-order valence-corrected chi connectivity index (χ0v) is 13.4. The third kappa shape index (κ3) is 85.7. The molecule has 5 heteroatoms. The Kier molecular flexibility index (Phi) is 178. The molecule has 0 saturated heterocycles. The van der Waals surface area contributed by atoms with Crippen LogP contribution in [0.25, 0.3) is 0 Å². The molecule has 0 bridgehead atoms. The van der Waals surface area contributed by atoms with Gasteiger partial charge in [-0.2, -0.15) is 0 Å². The second-order valence-electron chi connectivity index (χ2n) is 2.21. The molecular weight excluding hydrogens is 326 g/mol. The van der Waals surface area contributed by atoms with E-state index in [0.29, 0.717) is 7.18 Å². The van der Waals surface area contributed by atoms with Crippen LogP contribution in [0.4, 0.5) is 8.78 Å². The van der Waals surface area contributed by atoms with E-state index in [0.717, 1.165) is 0 Å². The largest absolute Gasteiger partial charge is 0.437 e. The zero-order chi connectivity index (χ0) is 16.6. The van der Waals surface area contributed by atoms with Crippen LogP contribution in [-0.2, 0) is 14.3 Å². The molecule has 0 radical (unpaired) electrons. The lowest BCUT2D eigenvalue weighted by atomic mass is 10.4. The molecule has 1 aromatic carbocycles. The number of methoxy groups -OCH3 is 1. The maximum Gasteiger partial charge on any atom is 0.339 e. The third-order valence-corrected chi connectivity index (χ3v) is 1.11. The smallest absolute Gasteiger partial charge is 0.339 e. The molecule has 3 nitrogen and oxygen atoms in total. The third-order valence-electron chi connectivity index (χ3n) is 1.11. The van der Waals surface area contributed by atoms with Crippen LogP contribution in [0, 0.1) is 0 Å². The number of carbonyl (C=O) groups excluding carboxylic acids is 1. The molecule has 1 aromatic rings. The lowest BCUT2D eigenvalue weighted by Gasteiger charge is -1.96. The normalized spacial score (nSPS) is 5.44. The van der Waals surface area contributed by atoms with Gasteiger partial charge < -0.3 is 9.47 Å². The molecule has 0 spiro atoms. The van der Waals surface area contributed by atoms with Crippen LogP contribution < -0.4 is 0 Å². The lowest BCUT2D eigenvalue weighted by Crippen LogP contribution is -2.07. The molecule has 0 aliphatic carbocycles. The standard InChI is InChI=1S/C6H6.C4H7FO3.2C2H6.CH3F.5CH4/c1-2-4-6-5-3-1;1-7-3-8-4(6)2-5;3*1-2;;;;;/h1-6H;2-3H2,1H3;2*1-2H3;1H3;5*1H4. The van der Waals surface area contributed by atoms with Crippen molar-refractivity contribution >= 4 is 5.97 Å². The summed E-state index contributed by atoms with van der Waals surface area (Å²) in [5.74, 6) is -0.896. The number of esters is 1. The van der Waals surface area contributed by atoms with Gasteiger partial charge in [-0.3, -0.25) is 4.39 Å². The van der Waals surface area contributed by atoms with Crippen LogP contribution in [0.5, 0.6) is 0 Å². The summed E-state index contributed by atoms with van der Waals surface area (Å²) in [6, 6.07) is 12.0. The first-order valence-corrected chi connectivity index (χ1v) is 6.39. The summed E-state index contributed by atoms with van der Waals surface area (Å²) in [4.78, 5) is 9.89. The first-order chi connectivity index (χ1) is 9.81. The van der Waals surface area contributed by atoms with Gasteiger partial charge in [-0.05, 0) is 0 Å². The molecule has 0 heterocycles. The number of alkyl halides is 2. The van der Waals surface area contributed by atoms with E-state index in [1.54, 1.807) is 0 Å². The molecule has 0 aliphatic rings. The minimum Gasteiger partial charge on any atom is -0.437 e. The van der Waals surface area contributed by atoms with Crippen molar-refractivity contribution in [1.82, 2.24) is 0 Å². The number of hydrogen-bond acceptors (Lipinski definition) is 3. The van der Waals surface area contributed by atoms with Gasteiger partial charge in [-0.1, -0.05) is 101 Å². The number of ether oxygens (including phenoxy) is 2. The Bertz CT molecular complexity index is 207. The van der Waals surface area contributed by atoms with Crippen molar-refractivity contribution < 1.29 is 23.0 Å². The second-order valence-corrected chi connectivity index (χ2v) is 2.21. The van der Waals surface area contributed by atoms with E-state index < -0.39 is 12.6 Å². The van der Waals surface area contributed by atoms with E-state index in [-0.39, 0.29) is 43.9 Å². The molecule has 25 heavy (non-hydrogen) atoms. The van der Waals surface area contributed by atoms with E-state index in [4.69, 9.17) is 0 Å². The maximum atomic E-state index is 11.2. The van der Waals surface area contributed by atoms with Crippen molar-refractivity contribution in [3.8, 4) is 0 Å². The molecular formula is C20H48F2O3. The van der Waals surface area contributed by atoms with Crippen molar-refractivity contribution in [2.75, 3.05) is 27.8 Å². The van der Waals surface area contributed by atoms with Crippen LogP contribution >= 0.6 is 0 Å². The van der Waals surface area contributed by atoms with Gasteiger partial charge in [-0.25, -0.2) is 9.18 Å². The summed E-state index contributed by atoms with van der Waals surface area (Å²) in [6.45, 7) is 6.73. The number of rotatable bonds is 3. The Hall–Kier alpha value is -1.49. The van der Waals surface area contributed by atoms with Gasteiger partial charge in [-0.15, -0.1) is 0 Å². The topological polar surface area (TPSA) is 35.5 Å². The summed E-state index contributed by atoms with van der Waals surface area (Å²) < 4.78 is 29.1. The molecule has 160 valence electrons. The average molecular weight is 375 g/mol. The molecule has 0 unspecified atom stereocenters. The number of halogens is 2. The second kappa shape index (κ2) is 78.6. The lowest BCUT2D eigenvalue weighted by molar-refractivity contribution is -0.154. The van der Waals surface area contributed by atoms with Crippen molar-refractivity contribution in [3.05, 3.63) is 36.4 Å². The van der Waals surface area contributed by atoms with Gasteiger partial charge >= 0.3 is 5.97 Å². The summed E-state index contributed by atoms with van der Waals surface area (Å²) >= 11 is 0. The molecule has 0 saturated carbocycles. The SMILES string of the molecule is C.C.C.C.C.CC.CC.CF.COCOC(=O)CF.c1ccccc1. The van der Waals surface area contributed by atoms with Gasteiger partial charge in [0.05, 0.1) is 7.18 Å². The van der Waals surface area contributed by atoms with Crippen molar-refractivity contribution in [2.24, 2.45) is 0 Å². The van der Waals surface area contributed by atoms with Gasteiger partial charge in [0.25, 0.3) is 0 Å². The minimum absolute atomic E-state index is 0. The van der Waals surface area contributed by atoms with E-state index in [1.165, 1.54) is 7.11 Å². The van der Waals surface area contributed by atoms with E-state index in [9.17, 15) is 13.6 Å². The number of hydrogen-bond donors (Lipinski definition) is 0. The van der Waals surface area contributed by atoms with Gasteiger partial charge in [0.1, 0.15) is 0 Å². The highest BCUT2D eigenvalue weighted by Crippen LogP contribution is 1.80. The summed E-state index contributed by atoms with van der Waals surface area (Å²) in [5, 5.41) is 0. The van der Waals surface area contributed by atoms with Crippen molar-refractivity contribution in [1.29, 1.82) is 0 Å². The molecule has 0 atom stereocenters. The summed E-state index contributed by atoms with van der Waals surface area (Å²) in [5.41, 5.74) is 0. The summed E-state index contributed by atoms with van der Waals surface area (Å²) in [6.07, 6.45) is 0. The van der Waals surface area contributed by atoms with E-state index in [2.05, 4.69) is 9.47 Å². The van der Waals surface area contributed by atoms with Crippen LogP contribution in [0.1, 0.15) is 64.8 Å². The predicted molar refractivity (Wildman–Crippen MR) is 114 cm³/mol. The highest BCUT2D eigenvalue weighted by atomic mass is 19.1. The van der Waals surface area contributed by atoms with Gasteiger partial charge in [0.2, 0.25) is 0 Å². The van der Waals surface area contributed by atoms with Crippen LogP contribution in [0.3, 0.4) is 0 Å². The quantitative estimate of drug-likeness (QED) is 0.403. The van der Waals surface area contributed by atoms with Crippen molar-refractivity contribution in [3.63, 3.8) is 0 Å². The molecule has 0 fully saturated rings. The molecule has 1 rings (SSSR count).